The molecular formula is C21H24ClNO5. The molecule has 0 fully saturated rings. The summed E-state index contributed by atoms with van der Waals surface area (Å²) in [5.74, 6) is 0.541. The van der Waals surface area contributed by atoms with E-state index in [1.165, 1.54) is 7.11 Å². The maximum atomic E-state index is 12.4. The molecule has 6 nitrogen and oxygen atoms in total. The van der Waals surface area contributed by atoms with Crippen LogP contribution >= 0.6 is 11.6 Å². The predicted octanol–water partition coefficient (Wildman–Crippen LogP) is 4.57. The van der Waals surface area contributed by atoms with Crippen molar-refractivity contribution in [1.29, 1.82) is 0 Å². The van der Waals surface area contributed by atoms with E-state index in [9.17, 15) is 9.59 Å². The number of rotatable bonds is 8. The Morgan fingerprint density at radius 2 is 1.75 bits per heavy atom. The Balaban J connectivity index is 1.95. The first-order chi connectivity index (χ1) is 13.3. The zero-order valence-electron chi connectivity index (χ0n) is 16.3. The quantitative estimate of drug-likeness (QED) is 0.651. The maximum absolute atomic E-state index is 12.4. The molecule has 0 heterocycles. The number of benzene rings is 2. The van der Waals surface area contributed by atoms with Gasteiger partial charge in [0, 0.05) is 11.3 Å². The first-order valence-electron chi connectivity index (χ1n) is 8.88. The number of amides is 1. The highest BCUT2D eigenvalue weighted by Crippen LogP contribution is 2.27. The standard InChI is InChI=1S/C21H24ClNO5/c1-13(2)12-27-21(25)14(3)28-17-8-5-15(6-9-17)20(24)23-16-7-10-19(26-4)18(22)11-16/h5-11,13-14H,12H2,1-4H3,(H,23,24)/t14-/m0/s1. The minimum Gasteiger partial charge on any atom is -0.495 e. The van der Waals surface area contributed by atoms with E-state index in [2.05, 4.69) is 5.32 Å². The SMILES string of the molecule is COc1ccc(NC(=O)c2ccc(O[C@@H](C)C(=O)OCC(C)C)cc2)cc1Cl. The number of halogens is 1. The lowest BCUT2D eigenvalue weighted by molar-refractivity contribution is -0.152. The number of methoxy groups -OCH3 is 1. The Hall–Kier alpha value is -2.73. The fourth-order valence-corrected chi connectivity index (χ4v) is 2.51. The fourth-order valence-electron chi connectivity index (χ4n) is 2.25. The number of nitrogens with one attached hydrogen (secondary N) is 1. The highest BCUT2D eigenvalue weighted by atomic mass is 35.5. The van der Waals surface area contributed by atoms with Crippen LogP contribution in [0.25, 0.3) is 0 Å². The summed E-state index contributed by atoms with van der Waals surface area (Å²) in [6.45, 7) is 5.89. The topological polar surface area (TPSA) is 73.9 Å². The van der Waals surface area contributed by atoms with Gasteiger partial charge in [0.1, 0.15) is 11.5 Å². The van der Waals surface area contributed by atoms with Crippen molar-refractivity contribution >= 4 is 29.2 Å². The summed E-state index contributed by atoms with van der Waals surface area (Å²) in [5.41, 5.74) is 0.993. The molecule has 0 spiro atoms. The van der Waals surface area contributed by atoms with E-state index in [1.807, 2.05) is 13.8 Å². The molecule has 0 unspecified atom stereocenters. The largest absolute Gasteiger partial charge is 0.495 e. The molecule has 0 aliphatic rings. The van der Waals surface area contributed by atoms with Crippen molar-refractivity contribution in [2.24, 2.45) is 5.92 Å². The molecule has 1 N–H and O–H groups in total. The number of carbonyl (C=O) groups is 2. The van der Waals surface area contributed by atoms with Gasteiger partial charge in [0.2, 0.25) is 0 Å². The zero-order valence-corrected chi connectivity index (χ0v) is 17.1. The van der Waals surface area contributed by atoms with Crippen molar-refractivity contribution < 1.29 is 23.8 Å². The second-order valence-electron chi connectivity index (χ2n) is 6.61. The summed E-state index contributed by atoms with van der Waals surface area (Å²) in [6.07, 6.45) is -0.736. The van der Waals surface area contributed by atoms with E-state index in [0.29, 0.717) is 34.4 Å². The molecule has 1 atom stereocenters. The monoisotopic (exact) mass is 405 g/mol. The number of carbonyl (C=O) groups excluding carboxylic acids is 2. The van der Waals surface area contributed by atoms with Gasteiger partial charge in [-0.25, -0.2) is 4.79 Å². The van der Waals surface area contributed by atoms with Crippen molar-refractivity contribution in [1.82, 2.24) is 0 Å². The van der Waals surface area contributed by atoms with Crippen LogP contribution in [0, 0.1) is 5.92 Å². The summed E-state index contributed by atoms with van der Waals surface area (Å²) in [6, 6.07) is 11.5. The van der Waals surface area contributed by atoms with Crippen LogP contribution in [0.1, 0.15) is 31.1 Å². The molecule has 0 aliphatic heterocycles. The number of hydrogen-bond acceptors (Lipinski definition) is 5. The molecule has 2 aromatic rings. The number of ether oxygens (including phenoxy) is 3. The lowest BCUT2D eigenvalue weighted by atomic mass is 10.2. The molecule has 150 valence electrons. The van der Waals surface area contributed by atoms with E-state index < -0.39 is 12.1 Å². The van der Waals surface area contributed by atoms with E-state index >= 15 is 0 Å². The molecular weight excluding hydrogens is 382 g/mol. The van der Waals surface area contributed by atoms with Crippen molar-refractivity contribution in [2.75, 3.05) is 19.0 Å². The van der Waals surface area contributed by atoms with Gasteiger partial charge in [-0.15, -0.1) is 0 Å². The van der Waals surface area contributed by atoms with Gasteiger partial charge in [-0.1, -0.05) is 25.4 Å². The van der Waals surface area contributed by atoms with Crippen molar-refractivity contribution in [3.8, 4) is 11.5 Å². The molecule has 1 amide bonds. The average molecular weight is 406 g/mol. The molecule has 0 bridgehead atoms. The van der Waals surface area contributed by atoms with Crippen LogP contribution in [-0.4, -0.2) is 31.7 Å². The van der Waals surface area contributed by atoms with Crippen molar-refractivity contribution in [2.45, 2.75) is 26.9 Å². The molecule has 0 aliphatic carbocycles. The Bertz CT molecular complexity index is 820. The van der Waals surface area contributed by atoms with Crippen LogP contribution in [0.2, 0.25) is 5.02 Å². The third-order valence-corrected chi connectivity index (χ3v) is 4.03. The molecule has 2 aromatic carbocycles. The summed E-state index contributed by atoms with van der Waals surface area (Å²) in [4.78, 5) is 24.2. The van der Waals surface area contributed by atoms with Crippen LogP contribution in [0.4, 0.5) is 5.69 Å². The number of esters is 1. The minimum absolute atomic E-state index is 0.259. The van der Waals surface area contributed by atoms with Gasteiger partial charge in [-0.05, 0) is 55.3 Å². The number of anilines is 1. The van der Waals surface area contributed by atoms with Gasteiger partial charge in [-0.3, -0.25) is 4.79 Å². The van der Waals surface area contributed by atoms with Crippen LogP contribution in [0.5, 0.6) is 11.5 Å². The van der Waals surface area contributed by atoms with Gasteiger partial charge >= 0.3 is 5.97 Å². The van der Waals surface area contributed by atoms with Gasteiger partial charge in [-0.2, -0.15) is 0 Å². The van der Waals surface area contributed by atoms with Gasteiger partial charge in [0.15, 0.2) is 6.10 Å². The summed E-state index contributed by atoms with van der Waals surface area (Å²) >= 11 is 6.06. The van der Waals surface area contributed by atoms with Gasteiger partial charge in [0.25, 0.3) is 5.91 Å². The van der Waals surface area contributed by atoms with E-state index in [0.717, 1.165) is 0 Å². The third kappa shape index (κ3) is 6.16. The normalized spacial score (nSPS) is 11.6. The average Bonchev–Trinajstić information content (AvgIpc) is 2.66. The van der Waals surface area contributed by atoms with E-state index in [-0.39, 0.29) is 11.8 Å². The highest BCUT2D eigenvalue weighted by Gasteiger charge is 2.17. The minimum atomic E-state index is -0.736. The predicted molar refractivity (Wildman–Crippen MR) is 108 cm³/mol. The van der Waals surface area contributed by atoms with Crippen LogP contribution in [-0.2, 0) is 9.53 Å². The summed E-state index contributed by atoms with van der Waals surface area (Å²) in [5, 5.41) is 3.17. The Labute approximate surface area is 169 Å². The maximum Gasteiger partial charge on any atom is 0.347 e. The third-order valence-electron chi connectivity index (χ3n) is 3.73. The lowest BCUT2D eigenvalue weighted by Gasteiger charge is -2.15. The van der Waals surface area contributed by atoms with Crippen LogP contribution in [0.3, 0.4) is 0 Å². The molecule has 28 heavy (non-hydrogen) atoms. The Kier molecular flexibility index (Phi) is 7.70. The molecule has 0 radical (unpaired) electrons. The molecule has 0 saturated carbocycles. The van der Waals surface area contributed by atoms with Crippen LogP contribution < -0.4 is 14.8 Å². The summed E-state index contributed by atoms with van der Waals surface area (Å²) in [7, 11) is 1.52. The second kappa shape index (κ2) is 9.99. The zero-order chi connectivity index (χ0) is 20.7. The highest BCUT2D eigenvalue weighted by molar-refractivity contribution is 6.32. The smallest absolute Gasteiger partial charge is 0.347 e. The van der Waals surface area contributed by atoms with Gasteiger partial charge in [0.05, 0.1) is 18.7 Å². The fraction of sp³-hybridized carbons (Fsp3) is 0.333. The number of hydrogen-bond donors (Lipinski definition) is 1. The summed E-state index contributed by atoms with van der Waals surface area (Å²) < 4.78 is 15.8. The lowest BCUT2D eigenvalue weighted by Crippen LogP contribution is -2.27. The van der Waals surface area contributed by atoms with E-state index in [4.69, 9.17) is 25.8 Å². The Morgan fingerprint density at radius 1 is 1.07 bits per heavy atom. The first-order valence-corrected chi connectivity index (χ1v) is 9.26. The van der Waals surface area contributed by atoms with E-state index in [1.54, 1.807) is 49.4 Å². The van der Waals surface area contributed by atoms with Crippen molar-refractivity contribution in [3.63, 3.8) is 0 Å². The Morgan fingerprint density at radius 3 is 2.32 bits per heavy atom. The second-order valence-corrected chi connectivity index (χ2v) is 7.02. The van der Waals surface area contributed by atoms with Crippen LogP contribution in [0.15, 0.2) is 42.5 Å². The first kappa shape index (κ1) is 21.6. The van der Waals surface area contributed by atoms with Gasteiger partial charge < -0.3 is 19.5 Å². The molecule has 7 heteroatoms. The van der Waals surface area contributed by atoms with Crippen molar-refractivity contribution in [3.05, 3.63) is 53.1 Å². The molecule has 0 aromatic heterocycles. The molecule has 2 rings (SSSR count). The molecule has 0 saturated heterocycles.